The van der Waals surface area contributed by atoms with Gasteiger partial charge in [0.25, 0.3) is 0 Å². The Labute approximate surface area is 112 Å². The van der Waals surface area contributed by atoms with E-state index >= 15 is 0 Å². The monoisotopic (exact) mass is 319 g/mol. The van der Waals surface area contributed by atoms with E-state index in [1.54, 1.807) is 0 Å². The van der Waals surface area contributed by atoms with Gasteiger partial charge in [-0.25, -0.2) is 0 Å². The molecule has 1 rings (SSSR count). The van der Waals surface area contributed by atoms with Crippen molar-refractivity contribution in [3.63, 3.8) is 0 Å². The fraction of sp³-hybridized carbons (Fsp3) is 0.600. The van der Waals surface area contributed by atoms with Crippen LogP contribution in [0.3, 0.4) is 0 Å². The van der Waals surface area contributed by atoms with E-state index in [0.29, 0.717) is 5.13 Å². The molecule has 0 spiro atoms. The van der Waals surface area contributed by atoms with Crippen molar-refractivity contribution in [3.05, 3.63) is 5.01 Å². The molecule has 0 atom stereocenters. The van der Waals surface area contributed by atoms with Crippen LogP contribution in [0.2, 0.25) is 0 Å². The molecule has 1 aromatic heterocycles. The molecule has 0 aliphatic rings. The third kappa shape index (κ3) is 4.51. The molecule has 0 aliphatic heterocycles. The summed E-state index contributed by atoms with van der Waals surface area (Å²) in [5.74, 6) is -0.519. The lowest BCUT2D eigenvalue weighted by Crippen LogP contribution is -2.16. The van der Waals surface area contributed by atoms with E-state index in [1.807, 2.05) is 20.8 Å². The molecule has 0 aliphatic carbocycles. The molecular formula is C10H14BrN3O2S. The molecule has 94 valence electrons. The highest BCUT2D eigenvalue weighted by molar-refractivity contribution is 9.09. The minimum absolute atomic E-state index is 0.0910. The summed E-state index contributed by atoms with van der Waals surface area (Å²) < 4.78 is 0. The molecule has 1 amide bonds. The van der Waals surface area contributed by atoms with Crippen LogP contribution in [-0.2, 0) is 15.0 Å². The van der Waals surface area contributed by atoms with Crippen LogP contribution < -0.4 is 5.32 Å². The van der Waals surface area contributed by atoms with Crippen molar-refractivity contribution in [2.45, 2.75) is 32.6 Å². The smallest absolute Gasteiger partial charge is 0.233 e. The molecule has 1 N–H and O–H groups in total. The lowest BCUT2D eigenvalue weighted by molar-refractivity contribution is -0.123. The first kappa shape index (κ1) is 14.2. The number of nitrogens with one attached hydrogen (secondary N) is 1. The average molecular weight is 320 g/mol. The van der Waals surface area contributed by atoms with Gasteiger partial charge in [0.15, 0.2) is 5.78 Å². The minimum Gasteiger partial charge on any atom is -0.300 e. The maximum atomic E-state index is 11.4. The number of hydrogen-bond acceptors (Lipinski definition) is 5. The molecule has 7 heteroatoms. The summed E-state index contributed by atoms with van der Waals surface area (Å²) in [4.78, 5) is 22.5. The Kier molecular flexibility index (Phi) is 4.76. The van der Waals surface area contributed by atoms with Crippen LogP contribution in [0.4, 0.5) is 5.13 Å². The molecule has 0 bridgehead atoms. The van der Waals surface area contributed by atoms with Gasteiger partial charge in [-0.05, 0) is 0 Å². The molecule has 1 aromatic rings. The molecule has 0 fully saturated rings. The molecular weight excluding hydrogens is 306 g/mol. The van der Waals surface area contributed by atoms with Gasteiger partial charge >= 0.3 is 0 Å². The first-order valence-electron chi connectivity index (χ1n) is 5.04. The SMILES string of the molecule is CC(C)(C)c1nnc(NC(=O)CC(=O)CBr)s1. The van der Waals surface area contributed by atoms with Gasteiger partial charge in [0.05, 0.1) is 11.8 Å². The van der Waals surface area contributed by atoms with Crippen LogP contribution in [0.25, 0.3) is 0 Å². The molecule has 1 heterocycles. The first-order valence-corrected chi connectivity index (χ1v) is 6.98. The first-order chi connectivity index (χ1) is 7.82. The predicted octanol–water partition coefficient (Wildman–Crippen LogP) is 2.13. The summed E-state index contributed by atoms with van der Waals surface area (Å²) in [7, 11) is 0. The van der Waals surface area contributed by atoms with Crippen molar-refractivity contribution in [1.82, 2.24) is 10.2 Å². The van der Waals surface area contributed by atoms with Crippen LogP contribution in [0, 0.1) is 0 Å². The second-order valence-electron chi connectivity index (χ2n) is 4.56. The van der Waals surface area contributed by atoms with E-state index in [4.69, 9.17) is 0 Å². The standard InChI is InChI=1S/C10H14BrN3O2S/c1-10(2,3)8-13-14-9(17-8)12-7(16)4-6(15)5-11/h4-5H2,1-3H3,(H,12,14,16). The fourth-order valence-electron chi connectivity index (χ4n) is 0.967. The summed E-state index contributed by atoms with van der Waals surface area (Å²) in [6, 6.07) is 0. The van der Waals surface area contributed by atoms with Crippen LogP contribution in [0.5, 0.6) is 0 Å². The van der Waals surface area contributed by atoms with E-state index < -0.39 is 0 Å². The number of halogens is 1. The highest BCUT2D eigenvalue weighted by atomic mass is 79.9. The highest BCUT2D eigenvalue weighted by Gasteiger charge is 2.20. The Hall–Kier alpha value is -0.820. The van der Waals surface area contributed by atoms with E-state index in [0.717, 1.165) is 5.01 Å². The van der Waals surface area contributed by atoms with Crippen molar-refractivity contribution in [2.24, 2.45) is 0 Å². The van der Waals surface area contributed by atoms with Crippen molar-refractivity contribution < 1.29 is 9.59 Å². The van der Waals surface area contributed by atoms with Crippen molar-refractivity contribution in [2.75, 3.05) is 10.6 Å². The fourth-order valence-corrected chi connectivity index (χ4v) is 1.98. The van der Waals surface area contributed by atoms with Crippen LogP contribution >= 0.6 is 27.3 Å². The van der Waals surface area contributed by atoms with E-state index in [9.17, 15) is 9.59 Å². The second kappa shape index (κ2) is 5.68. The Bertz CT molecular complexity index is 425. The van der Waals surface area contributed by atoms with Crippen molar-refractivity contribution >= 4 is 44.1 Å². The van der Waals surface area contributed by atoms with E-state index in [2.05, 4.69) is 31.4 Å². The normalized spacial score (nSPS) is 11.3. The lowest BCUT2D eigenvalue weighted by atomic mass is 9.98. The maximum Gasteiger partial charge on any atom is 0.233 e. The summed E-state index contributed by atoms with van der Waals surface area (Å²) in [6.45, 7) is 6.06. The lowest BCUT2D eigenvalue weighted by Gasteiger charge is -2.12. The number of aromatic nitrogens is 2. The van der Waals surface area contributed by atoms with Gasteiger partial charge in [-0.15, -0.1) is 10.2 Å². The van der Waals surface area contributed by atoms with Gasteiger partial charge in [-0.2, -0.15) is 0 Å². The summed E-state index contributed by atoms with van der Waals surface area (Å²) in [5.41, 5.74) is -0.0910. The predicted molar refractivity (Wildman–Crippen MR) is 70.7 cm³/mol. The van der Waals surface area contributed by atoms with E-state index in [-0.39, 0.29) is 28.9 Å². The molecule has 5 nitrogen and oxygen atoms in total. The van der Waals surface area contributed by atoms with Gasteiger partial charge in [0, 0.05) is 5.41 Å². The van der Waals surface area contributed by atoms with Gasteiger partial charge in [0.2, 0.25) is 11.0 Å². The van der Waals surface area contributed by atoms with Crippen molar-refractivity contribution in [1.29, 1.82) is 0 Å². The number of rotatable bonds is 4. The Morgan fingerprint density at radius 1 is 1.35 bits per heavy atom. The molecule has 17 heavy (non-hydrogen) atoms. The quantitative estimate of drug-likeness (QED) is 0.681. The molecule has 0 saturated heterocycles. The number of anilines is 1. The number of nitrogens with zero attached hydrogens (tertiary/aromatic N) is 2. The van der Waals surface area contributed by atoms with Crippen LogP contribution in [0.1, 0.15) is 32.2 Å². The number of carbonyl (C=O) groups excluding carboxylic acids is 2. The minimum atomic E-state index is -0.356. The molecule has 0 unspecified atom stereocenters. The average Bonchev–Trinajstić information content (AvgIpc) is 2.65. The second-order valence-corrected chi connectivity index (χ2v) is 6.10. The zero-order valence-electron chi connectivity index (χ0n) is 9.91. The third-order valence-corrected chi connectivity index (χ3v) is 3.71. The van der Waals surface area contributed by atoms with Gasteiger partial charge in [-0.1, -0.05) is 48.0 Å². The number of carbonyl (C=O) groups is 2. The zero-order chi connectivity index (χ0) is 13.1. The summed E-state index contributed by atoms with van der Waals surface area (Å²) in [6.07, 6.45) is -0.143. The van der Waals surface area contributed by atoms with Crippen molar-refractivity contribution in [3.8, 4) is 0 Å². The summed E-state index contributed by atoms with van der Waals surface area (Å²) >= 11 is 4.33. The van der Waals surface area contributed by atoms with Gasteiger partial charge in [0.1, 0.15) is 5.01 Å². The Balaban J connectivity index is 2.61. The number of hydrogen-bond donors (Lipinski definition) is 1. The highest BCUT2D eigenvalue weighted by Crippen LogP contribution is 2.27. The topological polar surface area (TPSA) is 72.0 Å². The number of ketones is 1. The maximum absolute atomic E-state index is 11.4. The largest absolute Gasteiger partial charge is 0.300 e. The molecule has 0 saturated carbocycles. The van der Waals surface area contributed by atoms with Crippen LogP contribution in [0.15, 0.2) is 0 Å². The zero-order valence-corrected chi connectivity index (χ0v) is 12.3. The number of alkyl halides is 1. The molecule has 0 radical (unpaired) electrons. The number of Topliss-reactive ketones (excluding diaryl/α,β-unsaturated/α-hetero) is 1. The Morgan fingerprint density at radius 3 is 2.47 bits per heavy atom. The van der Waals surface area contributed by atoms with Gasteiger partial charge in [-0.3, -0.25) is 9.59 Å². The third-order valence-electron chi connectivity index (χ3n) is 1.82. The van der Waals surface area contributed by atoms with E-state index in [1.165, 1.54) is 11.3 Å². The molecule has 0 aromatic carbocycles. The Morgan fingerprint density at radius 2 is 2.00 bits per heavy atom. The number of amides is 1. The van der Waals surface area contributed by atoms with Gasteiger partial charge < -0.3 is 5.32 Å². The summed E-state index contributed by atoms with van der Waals surface area (Å²) in [5, 5.41) is 11.9. The van der Waals surface area contributed by atoms with Crippen LogP contribution in [-0.4, -0.2) is 27.2 Å².